The highest BCUT2D eigenvalue weighted by Crippen LogP contribution is 2.43. The number of benzene rings is 3. The molecule has 4 aromatic rings. The smallest absolute Gasteiger partial charge is 0.255 e. The summed E-state index contributed by atoms with van der Waals surface area (Å²) >= 11 is 0. The predicted octanol–water partition coefficient (Wildman–Crippen LogP) is 4.35. The van der Waals surface area contributed by atoms with E-state index in [1.807, 2.05) is 73.8 Å². The van der Waals surface area contributed by atoms with Crippen LogP contribution in [-0.2, 0) is 18.4 Å². The molecule has 0 unspecified atom stereocenters. The molecule has 32 heavy (non-hydrogen) atoms. The van der Waals surface area contributed by atoms with Gasteiger partial charge in [-0.2, -0.15) is 0 Å². The van der Waals surface area contributed by atoms with Crippen LogP contribution in [-0.4, -0.2) is 27.8 Å². The molecule has 0 bridgehead atoms. The molecule has 3 aromatic carbocycles. The summed E-state index contributed by atoms with van der Waals surface area (Å²) in [4.78, 5) is 28.0. The summed E-state index contributed by atoms with van der Waals surface area (Å²) in [6.07, 6.45) is 0. The average Bonchev–Trinajstić information content (AvgIpc) is 3.24. The second-order valence-corrected chi connectivity index (χ2v) is 8.26. The first kappa shape index (κ1) is 20.1. The van der Waals surface area contributed by atoms with Crippen molar-refractivity contribution in [1.82, 2.24) is 14.8 Å². The van der Waals surface area contributed by atoms with Gasteiger partial charge in [0.05, 0.1) is 6.04 Å². The van der Waals surface area contributed by atoms with E-state index in [0.717, 1.165) is 33.3 Å². The van der Waals surface area contributed by atoms with Crippen LogP contribution in [0.3, 0.4) is 0 Å². The number of fused-ring (bicyclic) bond motifs is 2. The minimum atomic E-state index is -0.299. The lowest BCUT2D eigenvalue weighted by Crippen LogP contribution is -2.39. The topological polar surface area (TPSA) is 54.3 Å². The van der Waals surface area contributed by atoms with Crippen molar-refractivity contribution < 1.29 is 9.59 Å². The highest BCUT2D eigenvalue weighted by atomic mass is 16.2. The average molecular weight is 424 g/mol. The monoisotopic (exact) mass is 423 g/mol. The first-order valence-electron chi connectivity index (χ1n) is 10.8. The molecule has 0 saturated heterocycles. The lowest BCUT2D eigenvalue weighted by Gasteiger charge is -2.26. The summed E-state index contributed by atoms with van der Waals surface area (Å²) in [7, 11) is 2.04. The van der Waals surface area contributed by atoms with Crippen molar-refractivity contribution in [1.29, 1.82) is 0 Å². The Hall–Kier alpha value is -3.86. The molecule has 1 aliphatic heterocycles. The standard InChI is InChI=1S/C27H25N3O2/c1-18-25(22-14-8-9-15-23(22)29(18)2)26-20-12-6-7-13-21(20)27(32)30(26)17-24(31)28-16-19-10-4-3-5-11-19/h3-15,26H,16-17H2,1-2H3,(H,28,31)/t26-/m1/s1. The number of carbonyl (C=O) groups is 2. The van der Waals surface area contributed by atoms with Gasteiger partial charge in [-0.25, -0.2) is 0 Å². The molecule has 2 heterocycles. The maximum absolute atomic E-state index is 13.4. The number of aryl methyl sites for hydroxylation is 1. The lowest BCUT2D eigenvalue weighted by molar-refractivity contribution is -0.122. The summed E-state index contributed by atoms with van der Waals surface area (Å²) in [6.45, 7) is 2.52. The molecule has 5 rings (SSSR count). The predicted molar refractivity (Wildman–Crippen MR) is 125 cm³/mol. The van der Waals surface area contributed by atoms with E-state index in [2.05, 4.69) is 28.9 Å². The van der Waals surface area contributed by atoms with Crippen molar-refractivity contribution in [2.75, 3.05) is 6.54 Å². The Bertz CT molecular complexity index is 1320. The van der Waals surface area contributed by atoms with E-state index in [4.69, 9.17) is 0 Å². The van der Waals surface area contributed by atoms with Gasteiger partial charge in [0.15, 0.2) is 0 Å². The van der Waals surface area contributed by atoms with Crippen LogP contribution >= 0.6 is 0 Å². The number of rotatable bonds is 5. The van der Waals surface area contributed by atoms with Crippen LogP contribution in [0.2, 0.25) is 0 Å². The molecule has 5 heteroatoms. The normalized spacial score (nSPS) is 15.2. The van der Waals surface area contributed by atoms with E-state index < -0.39 is 0 Å². The zero-order valence-electron chi connectivity index (χ0n) is 18.2. The first-order chi connectivity index (χ1) is 15.6. The fourth-order valence-corrected chi connectivity index (χ4v) is 4.75. The van der Waals surface area contributed by atoms with Gasteiger partial charge < -0.3 is 14.8 Å². The Balaban J connectivity index is 1.52. The highest BCUT2D eigenvalue weighted by molar-refractivity contribution is 6.02. The van der Waals surface area contributed by atoms with Gasteiger partial charge in [0.2, 0.25) is 5.91 Å². The second-order valence-electron chi connectivity index (χ2n) is 8.26. The maximum atomic E-state index is 13.4. The van der Waals surface area contributed by atoms with Gasteiger partial charge in [-0.15, -0.1) is 0 Å². The van der Waals surface area contributed by atoms with Crippen LogP contribution in [0.5, 0.6) is 0 Å². The number of amides is 2. The lowest BCUT2D eigenvalue weighted by atomic mass is 9.95. The molecule has 1 aromatic heterocycles. The molecule has 5 nitrogen and oxygen atoms in total. The Labute approximate surface area is 187 Å². The Morgan fingerprint density at radius 2 is 1.62 bits per heavy atom. The molecule has 0 spiro atoms. The Morgan fingerprint density at radius 1 is 0.938 bits per heavy atom. The van der Waals surface area contributed by atoms with Crippen molar-refractivity contribution in [2.24, 2.45) is 7.05 Å². The Morgan fingerprint density at radius 3 is 2.44 bits per heavy atom. The van der Waals surface area contributed by atoms with Crippen LogP contribution in [0.15, 0.2) is 78.9 Å². The zero-order chi connectivity index (χ0) is 22.2. The molecule has 2 amide bonds. The van der Waals surface area contributed by atoms with Crippen LogP contribution in [0, 0.1) is 6.92 Å². The molecule has 0 saturated carbocycles. The minimum absolute atomic E-state index is 0.00761. The molecule has 0 aliphatic carbocycles. The molecule has 0 fully saturated rings. The number of nitrogens with zero attached hydrogens (tertiary/aromatic N) is 2. The summed E-state index contributed by atoms with van der Waals surface area (Å²) in [5.74, 6) is -0.273. The number of hydrogen-bond donors (Lipinski definition) is 1. The number of para-hydroxylation sites is 1. The summed E-state index contributed by atoms with van der Waals surface area (Å²) in [6, 6.07) is 25.4. The quantitative estimate of drug-likeness (QED) is 0.519. The third-order valence-electron chi connectivity index (χ3n) is 6.43. The van der Waals surface area contributed by atoms with Crippen molar-refractivity contribution >= 4 is 22.7 Å². The van der Waals surface area contributed by atoms with E-state index in [-0.39, 0.29) is 24.4 Å². The number of nitrogens with one attached hydrogen (secondary N) is 1. The molecular formula is C27H25N3O2. The highest BCUT2D eigenvalue weighted by Gasteiger charge is 2.40. The number of carbonyl (C=O) groups excluding carboxylic acids is 2. The SMILES string of the molecule is Cc1c([C@H]2c3ccccc3C(=O)N2CC(=O)NCc2ccccc2)c2ccccc2n1C. The van der Waals surface area contributed by atoms with Crippen LogP contribution in [0.4, 0.5) is 0 Å². The molecule has 1 atom stereocenters. The van der Waals surface area contributed by atoms with Gasteiger partial charge in [0.25, 0.3) is 5.91 Å². The molecule has 160 valence electrons. The van der Waals surface area contributed by atoms with Crippen LogP contribution < -0.4 is 5.32 Å². The van der Waals surface area contributed by atoms with Gasteiger partial charge >= 0.3 is 0 Å². The maximum Gasteiger partial charge on any atom is 0.255 e. The zero-order valence-corrected chi connectivity index (χ0v) is 18.2. The van der Waals surface area contributed by atoms with Crippen molar-refractivity contribution in [3.63, 3.8) is 0 Å². The van der Waals surface area contributed by atoms with E-state index in [1.54, 1.807) is 4.90 Å². The third kappa shape index (κ3) is 3.26. The summed E-state index contributed by atoms with van der Waals surface area (Å²) in [5, 5.41) is 4.07. The molecular weight excluding hydrogens is 398 g/mol. The van der Waals surface area contributed by atoms with Gasteiger partial charge in [-0.1, -0.05) is 66.7 Å². The number of aromatic nitrogens is 1. The summed E-state index contributed by atoms with van der Waals surface area (Å²) < 4.78 is 2.16. The fraction of sp³-hybridized carbons (Fsp3) is 0.185. The summed E-state index contributed by atoms with van der Waals surface area (Å²) in [5.41, 5.74) is 5.94. The molecule has 1 aliphatic rings. The Kier molecular flexibility index (Phi) is 5.02. The van der Waals surface area contributed by atoms with Gasteiger partial charge in [-0.05, 0) is 30.2 Å². The van der Waals surface area contributed by atoms with E-state index in [0.29, 0.717) is 12.1 Å². The van der Waals surface area contributed by atoms with E-state index in [1.165, 1.54) is 0 Å². The van der Waals surface area contributed by atoms with Crippen LogP contribution in [0.1, 0.15) is 38.8 Å². The number of hydrogen-bond acceptors (Lipinski definition) is 2. The van der Waals surface area contributed by atoms with Gasteiger partial charge in [0.1, 0.15) is 6.54 Å². The van der Waals surface area contributed by atoms with Crippen LogP contribution in [0.25, 0.3) is 10.9 Å². The van der Waals surface area contributed by atoms with Gasteiger partial charge in [0, 0.05) is 41.3 Å². The van der Waals surface area contributed by atoms with Gasteiger partial charge in [-0.3, -0.25) is 9.59 Å². The fourth-order valence-electron chi connectivity index (χ4n) is 4.75. The third-order valence-corrected chi connectivity index (χ3v) is 6.43. The van der Waals surface area contributed by atoms with Crippen molar-refractivity contribution in [3.05, 3.63) is 107 Å². The van der Waals surface area contributed by atoms with Crippen molar-refractivity contribution in [3.8, 4) is 0 Å². The van der Waals surface area contributed by atoms with E-state index in [9.17, 15) is 9.59 Å². The minimum Gasteiger partial charge on any atom is -0.350 e. The molecule has 1 N–H and O–H groups in total. The molecule has 0 radical (unpaired) electrons. The van der Waals surface area contributed by atoms with E-state index >= 15 is 0 Å². The van der Waals surface area contributed by atoms with Crippen molar-refractivity contribution in [2.45, 2.75) is 19.5 Å². The largest absolute Gasteiger partial charge is 0.350 e. The first-order valence-corrected chi connectivity index (χ1v) is 10.8. The second kappa shape index (κ2) is 8.00.